The molecule has 3 N–H and O–H groups in total. The van der Waals surface area contributed by atoms with Gasteiger partial charge in [-0.05, 0) is 41.8 Å². The van der Waals surface area contributed by atoms with E-state index in [0.29, 0.717) is 52.2 Å². The standard InChI is InChI=1S/C22H24ClFN4/c1-14(2)16(4)26-13-17-7-8-20(23)19(11-17)22-27-15(3)10-21(28-22)18(12-25)6-5-9-24/h5-12,14,25-26H,3-4,13H2,1-2H3,(H,27,28)/b9-5?,18-6+,25-12?. The van der Waals surface area contributed by atoms with E-state index in [0.717, 1.165) is 17.5 Å². The van der Waals surface area contributed by atoms with E-state index in [1.165, 1.54) is 12.2 Å². The fourth-order valence-electron chi connectivity index (χ4n) is 2.44. The number of halogens is 2. The van der Waals surface area contributed by atoms with Gasteiger partial charge < -0.3 is 16.0 Å². The maximum atomic E-state index is 12.3. The zero-order valence-corrected chi connectivity index (χ0v) is 16.8. The Balaban J connectivity index is 2.36. The third-order valence-corrected chi connectivity index (χ3v) is 4.45. The van der Waals surface area contributed by atoms with Crippen molar-refractivity contribution >= 4 is 23.7 Å². The van der Waals surface area contributed by atoms with Gasteiger partial charge in [0.15, 0.2) is 0 Å². The zero-order valence-electron chi connectivity index (χ0n) is 16.0. The first-order valence-electron chi connectivity index (χ1n) is 8.81. The Labute approximate surface area is 170 Å². The molecule has 2 rings (SSSR count). The van der Waals surface area contributed by atoms with E-state index in [-0.39, 0.29) is 0 Å². The molecule has 0 bridgehead atoms. The molecule has 0 spiro atoms. The minimum absolute atomic E-state index is 0.344. The van der Waals surface area contributed by atoms with Gasteiger partial charge in [-0.15, -0.1) is 0 Å². The third-order valence-electron chi connectivity index (χ3n) is 4.12. The van der Waals surface area contributed by atoms with E-state index in [9.17, 15) is 4.39 Å². The van der Waals surface area contributed by atoms with E-state index in [2.05, 4.69) is 42.6 Å². The number of nitrogens with one attached hydrogen (secondary N) is 3. The molecular weight excluding hydrogens is 375 g/mol. The van der Waals surface area contributed by atoms with Crippen molar-refractivity contribution in [3.05, 3.63) is 94.7 Å². The van der Waals surface area contributed by atoms with Gasteiger partial charge in [0.25, 0.3) is 0 Å². The normalized spacial score (nSPS) is 14.6. The first kappa shape index (κ1) is 21.4. The summed E-state index contributed by atoms with van der Waals surface area (Å²) in [5.74, 6) is 0.867. The smallest absolute Gasteiger partial charge is 0.139 e. The van der Waals surface area contributed by atoms with Gasteiger partial charge in [0.05, 0.1) is 17.0 Å². The molecule has 0 aromatic heterocycles. The summed E-state index contributed by atoms with van der Waals surface area (Å²) in [6.45, 7) is 12.7. The molecule has 1 aromatic carbocycles. The number of hydrogen-bond acceptors (Lipinski definition) is 4. The molecule has 0 radical (unpaired) electrons. The minimum atomic E-state index is 0.344. The van der Waals surface area contributed by atoms with Crippen molar-refractivity contribution in [2.75, 3.05) is 0 Å². The SMILES string of the molecule is C=C1C=C(/C(C=N)=C/C=CF)N=C(c2cc(CNC(=C)C(C)C)ccc2Cl)N1. The molecule has 1 heterocycles. The van der Waals surface area contributed by atoms with Gasteiger partial charge in [-0.1, -0.05) is 44.7 Å². The lowest BCUT2D eigenvalue weighted by atomic mass is 10.1. The van der Waals surface area contributed by atoms with Crippen LogP contribution in [0.4, 0.5) is 4.39 Å². The number of amidine groups is 1. The van der Waals surface area contributed by atoms with Crippen LogP contribution in [0.25, 0.3) is 0 Å². The maximum absolute atomic E-state index is 12.3. The van der Waals surface area contributed by atoms with E-state index >= 15 is 0 Å². The molecule has 0 saturated carbocycles. The Hall–Kier alpha value is -2.92. The molecule has 1 aliphatic rings. The summed E-state index contributed by atoms with van der Waals surface area (Å²) in [6.07, 6.45) is 5.90. The maximum Gasteiger partial charge on any atom is 0.139 e. The number of benzene rings is 1. The lowest BCUT2D eigenvalue weighted by Gasteiger charge is -2.19. The minimum Gasteiger partial charge on any atom is -0.385 e. The highest BCUT2D eigenvalue weighted by atomic mass is 35.5. The van der Waals surface area contributed by atoms with Crippen LogP contribution in [0.2, 0.25) is 5.02 Å². The summed E-state index contributed by atoms with van der Waals surface area (Å²) in [6, 6.07) is 5.70. The van der Waals surface area contributed by atoms with Crippen LogP contribution in [0.5, 0.6) is 0 Å². The number of hydrogen-bond donors (Lipinski definition) is 3. The largest absolute Gasteiger partial charge is 0.385 e. The second kappa shape index (κ2) is 9.85. The summed E-state index contributed by atoms with van der Waals surface area (Å²) < 4.78 is 12.3. The molecule has 0 unspecified atom stereocenters. The molecular formula is C22H24ClFN4. The Kier molecular flexibility index (Phi) is 7.52. The molecule has 0 aliphatic carbocycles. The summed E-state index contributed by atoms with van der Waals surface area (Å²) in [4.78, 5) is 4.56. The van der Waals surface area contributed by atoms with Crippen molar-refractivity contribution < 1.29 is 4.39 Å². The average molecular weight is 399 g/mol. The number of rotatable bonds is 8. The van der Waals surface area contributed by atoms with Crippen LogP contribution in [0.15, 0.2) is 83.6 Å². The molecule has 146 valence electrons. The van der Waals surface area contributed by atoms with Crippen LogP contribution >= 0.6 is 11.6 Å². The predicted molar refractivity (Wildman–Crippen MR) is 116 cm³/mol. The second-order valence-electron chi connectivity index (χ2n) is 6.57. The van der Waals surface area contributed by atoms with Crippen LogP contribution in [-0.4, -0.2) is 12.1 Å². The van der Waals surface area contributed by atoms with Gasteiger partial charge in [-0.3, -0.25) is 0 Å². The fourth-order valence-corrected chi connectivity index (χ4v) is 2.65. The highest BCUT2D eigenvalue weighted by molar-refractivity contribution is 6.34. The lowest BCUT2D eigenvalue weighted by molar-refractivity contribution is 0.656. The summed E-state index contributed by atoms with van der Waals surface area (Å²) >= 11 is 6.41. The van der Waals surface area contributed by atoms with Crippen LogP contribution in [0.3, 0.4) is 0 Å². The molecule has 0 amide bonds. The summed E-state index contributed by atoms with van der Waals surface area (Å²) in [5.41, 5.74) is 4.26. The van der Waals surface area contributed by atoms with Gasteiger partial charge in [-0.2, -0.15) is 0 Å². The fraction of sp³-hybridized carbons (Fsp3) is 0.182. The Morgan fingerprint density at radius 1 is 1.43 bits per heavy atom. The van der Waals surface area contributed by atoms with Gasteiger partial charge in [0.2, 0.25) is 0 Å². The summed E-state index contributed by atoms with van der Waals surface area (Å²) in [5, 5.41) is 14.5. The van der Waals surface area contributed by atoms with Crippen molar-refractivity contribution in [1.82, 2.24) is 10.6 Å². The van der Waals surface area contributed by atoms with Crippen molar-refractivity contribution in [2.24, 2.45) is 10.9 Å². The number of nitrogens with zero attached hydrogens (tertiary/aromatic N) is 1. The van der Waals surface area contributed by atoms with Gasteiger partial charge >= 0.3 is 0 Å². The van der Waals surface area contributed by atoms with Crippen molar-refractivity contribution in [2.45, 2.75) is 20.4 Å². The molecule has 0 saturated heterocycles. The van der Waals surface area contributed by atoms with Crippen molar-refractivity contribution in [1.29, 1.82) is 5.41 Å². The molecule has 1 aromatic rings. The topological polar surface area (TPSA) is 60.3 Å². The molecule has 0 fully saturated rings. The number of allylic oxidation sites excluding steroid dienone is 5. The number of aliphatic imine (C=N–C) groups is 1. The van der Waals surface area contributed by atoms with Gasteiger partial charge in [-0.25, -0.2) is 9.38 Å². The summed E-state index contributed by atoms with van der Waals surface area (Å²) in [7, 11) is 0. The molecule has 1 aliphatic heterocycles. The van der Waals surface area contributed by atoms with Crippen molar-refractivity contribution in [3.8, 4) is 0 Å². The average Bonchev–Trinajstić information content (AvgIpc) is 2.67. The zero-order chi connectivity index (χ0) is 20.7. The Morgan fingerprint density at radius 2 is 2.18 bits per heavy atom. The monoisotopic (exact) mass is 398 g/mol. The highest BCUT2D eigenvalue weighted by Crippen LogP contribution is 2.23. The van der Waals surface area contributed by atoms with E-state index in [1.54, 1.807) is 6.08 Å². The van der Waals surface area contributed by atoms with E-state index in [1.807, 2.05) is 18.2 Å². The van der Waals surface area contributed by atoms with Crippen LogP contribution < -0.4 is 10.6 Å². The highest BCUT2D eigenvalue weighted by Gasteiger charge is 2.16. The molecule has 0 atom stereocenters. The molecule has 28 heavy (non-hydrogen) atoms. The quantitative estimate of drug-likeness (QED) is 0.405. The van der Waals surface area contributed by atoms with Gasteiger partial charge in [0, 0.05) is 35.3 Å². The molecule has 4 nitrogen and oxygen atoms in total. The third kappa shape index (κ3) is 5.54. The van der Waals surface area contributed by atoms with Gasteiger partial charge in [0.1, 0.15) is 5.84 Å². The predicted octanol–water partition coefficient (Wildman–Crippen LogP) is 5.41. The first-order valence-corrected chi connectivity index (χ1v) is 9.19. The Bertz CT molecular complexity index is 907. The molecule has 6 heteroatoms. The second-order valence-corrected chi connectivity index (χ2v) is 6.98. The van der Waals surface area contributed by atoms with E-state index < -0.39 is 0 Å². The van der Waals surface area contributed by atoms with Crippen molar-refractivity contribution in [3.63, 3.8) is 0 Å². The van der Waals surface area contributed by atoms with Crippen LogP contribution in [-0.2, 0) is 6.54 Å². The Morgan fingerprint density at radius 3 is 2.82 bits per heavy atom. The van der Waals surface area contributed by atoms with Crippen LogP contribution in [0, 0.1) is 11.3 Å². The van der Waals surface area contributed by atoms with Crippen LogP contribution in [0.1, 0.15) is 25.0 Å². The van der Waals surface area contributed by atoms with E-state index in [4.69, 9.17) is 17.0 Å². The first-order chi connectivity index (χ1) is 13.3. The lowest BCUT2D eigenvalue weighted by Crippen LogP contribution is -2.27.